The van der Waals surface area contributed by atoms with E-state index >= 15 is 0 Å². The lowest BCUT2D eigenvalue weighted by atomic mass is 9.67. The first-order valence-corrected chi connectivity index (χ1v) is 15.9. The summed E-state index contributed by atoms with van der Waals surface area (Å²) in [7, 11) is 0. The number of nitrogens with zero attached hydrogens (tertiary/aromatic N) is 2. The van der Waals surface area contributed by atoms with Gasteiger partial charge in [0.2, 0.25) is 11.8 Å². The molecule has 0 bridgehead atoms. The van der Waals surface area contributed by atoms with Crippen LogP contribution in [0.25, 0.3) is 6.08 Å². The van der Waals surface area contributed by atoms with E-state index in [1.165, 1.54) is 16.5 Å². The number of hydrogen-bond donors (Lipinski definition) is 3. The smallest absolute Gasteiger partial charge is 0.234 e. The molecule has 43 heavy (non-hydrogen) atoms. The number of hydrogen-bond acceptors (Lipinski definition) is 6. The molecule has 2 aromatic carbocycles. The summed E-state index contributed by atoms with van der Waals surface area (Å²) in [5, 5.41) is 32.1. The summed E-state index contributed by atoms with van der Waals surface area (Å²) in [6, 6.07) is 15.0. The molecule has 1 aliphatic carbocycles. The Morgan fingerprint density at radius 3 is 2.47 bits per heavy atom. The number of carbonyl (C=O) groups excluding carboxylic acids is 2. The molecule has 7 nitrogen and oxygen atoms in total. The highest BCUT2D eigenvalue weighted by molar-refractivity contribution is 6.32. The molecule has 0 aromatic heterocycles. The number of amides is 2. The summed E-state index contributed by atoms with van der Waals surface area (Å²) in [4.78, 5) is 31.6. The zero-order valence-corrected chi connectivity index (χ0v) is 25.8. The minimum atomic E-state index is -0.829. The Bertz CT molecular complexity index is 1380. The van der Waals surface area contributed by atoms with E-state index in [0.717, 1.165) is 54.8 Å². The van der Waals surface area contributed by atoms with Crippen molar-refractivity contribution in [3.8, 4) is 5.75 Å². The summed E-state index contributed by atoms with van der Waals surface area (Å²) < 4.78 is 0. The number of benzene rings is 2. The van der Waals surface area contributed by atoms with E-state index in [-0.39, 0.29) is 30.2 Å². The first-order chi connectivity index (χ1) is 20.7. The summed E-state index contributed by atoms with van der Waals surface area (Å²) in [5.74, 6) is -1.87. The van der Waals surface area contributed by atoms with Crippen LogP contribution in [-0.4, -0.2) is 68.8 Å². The van der Waals surface area contributed by atoms with Crippen molar-refractivity contribution in [1.82, 2.24) is 9.80 Å². The number of likely N-dealkylation sites (tertiary alicyclic amines) is 2. The van der Waals surface area contributed by atoms with Gasteiger partial charge in [0.1, 0.15) is 5.75 Å². The molecule has 3 aliphatic rings. The standard InChI is InChI=1S/C35H43ClN2O5/c1-3-24-18-28-33(29(21-39)32(24)31(41)12-9-22(2)17-25-10-11-27(40)19-30(25)36)35(43)38(34(28)42)26-13-15-37(16-14-26)20-23-7-5-4-6-8-23/h4-8,10-11,17,19,26,28-29,31,33,39-41H,3,9,12-16,18,20-21H2,1-2H3/b22-17+/t28-,29+,31-,33-/m1/s1. The quantitative estimate of drug-likeness (QED) is 0.241. The van der Waals surface area contributed by atoms with Gasteiger partial charge in [-0.1, -0.05) is 66.1 Å². The second-order valence-electron chi connectivity index (χ2n) is 12.3. The number of aromatic hydroxyl groups is 1. The molecule has 0 unspecified atom stereocenters. The lowest BCUT2D eigenvalue weighted by Crippen LogP contribution is -2.47. The number of imide groups is 1. The number of fused-ring (bicyclic) bond motifs is 1. The fourth-order valence-electron chi connectivity index (χ4n) is 7.35. The number of piperidine rings is 1. The average Bonchev–Trinajstić information content (AvgIpc) is 3.26. The van der Waals surface area contributed by atoms with E-state index in [2.05, 4.69) is 17.0 Å². The number of carbonyl (C=O) groups is 2. The Balaban J connectivity index is 1.26. The Kier molecular flexibility index (Phi) is 10.1. The molecule has 2 aliphatic heterocycles. The maximum absolute atomic E-state index is 13.9. The van der Waals surface area contributed by atoms with Gasteiger partial charge < -0.3 is 15.3 Å². The van der Waals surface area contributed by atoms with Crippen LogP contribution in [0.5, 0.6) is 5.75 Å². The van der Waals surface area contributed by atoms with Gasteiger partial charge in [-0.05, 0) is 80.3 Å². The highest BCUT2D eigenvalue weighted by Gasteiger charge is 2.56. The van der Waals surface area contributed by atoms with Gasteiger partial charge in [0.25, 0.3) is 0 Å². The van der Waals surface area contributed by atoms with E-state index in [9.17, 15) is 24.9 Å². The SMILES string of the molecule is CCC1=C([C@H](O)CC/C(C)=C/c2ccc(O)cc2Cl)[C@H](CO)[C@@H]2C(=O)N(C3CCN(Cc4ccccc4)CC3)C(=O)[C@@H]2C1. The number of phenols is 1. The van der Waals surface area contributed by atoms with Gasteiger partial charge >= 0.3 is 0 Å². The lowest BCUT2D eigenvalue weighted by Gasteiger charge is -2.37. The normalized spacial score (nSPS) is 24.5. The Morgan fingerprint density at radius 2 is 1.81 bits per heavy atom. The average molecular weight is 607 g/mol. The Morgan fingerprint density at radius 1 is 1.09 bits per heavy atom. The topological polar surface area (TPSA) is 101 Å². The van der Waals surface area contributed by atoms with Crippen LogP contribution in [0.15, 0.2) is 65.3 Å². The maximum atomic E-state index is 13.9. The first-order valence-electron chi connectivity index (χ1n) is 15.5. The van der Waals surface area contributed by atoms with Crippen LogP contribution in [0, 0.1) is 17.8 Å². The zero-order chi connectivity index (χ0) is 30.7. The van der Waals surface area contributed by atoms with Gasteiger partial charge in [-0.2, -0.15) is 0 Å². The molecule has 8 heteroatoms. The molecule has 3 N–H and O–H groups in total. The number of halogens is 1. The van der Waals surface area contributed by atoms with Crippen LogP contribution in [-0.2, 0) is 16.1 Å². The van der Waals surface area contributed by atoms with E-state index in [0.29, 0.717) is 30.7 Å². The molecule has 0 saturated carbocycles. The monoisotopic (exact) mass is 606 g/mol. The van der Waals surface area contributed by atoms with Gasteiger partial charge in [0.15, 0.2) is 0 Å². The molecule has 2 fully saturated rings. The van der Waals surface area contributed by atoms with Crippen molar-refractivity contribution in [3.05, 3.63) is 81.4 Å². The molecule has 230 valence electrons. The van der Waals surface area contributed by atoms with Crippen molar-refractivity contribution in [3.63, 3.8) is 0 Å². The van der Waals surface area contributed by atoms with Crippen LogP contribution in [0.3, 0.4) is 0 Å². The van der Waals surface area contributed by atoms with E-state index < -0.39 is 23.9 Å². The van der Waals surface area contributed by atoms with Gasteiger partial charge in [-0.15, -0.1) is 0 Å². The third kappa shape index (κ3) is 6.75. The molecule has 2 amide bonds. The molecule has 0 radical (unpaired) electrons. The van der Waals surface area contributed by atoms with Gasteiger partial charge in [0, 0.05) is 31.6 Å². The summed E-state index contributed by atoms with van der Waals surface area (Å²) >= 11 is 6.26. The fraction of sp³-hybridized carbons (Fsp3) is 0.486. The minimum absolute atomic E-state index is 0.104. The third-order valence-corrected chi connectivity index (χ3v) is 9.90. The molecule has 2 heterocycles. The molecular formula is C35H43ClN2O5. The third-order valence-electron chi connectivity index (χ3n) is 9.57. The number of rotatable bonds is 10. The van der Waals surface area contributed by atoms with Crippen molar-refractivity contribution < 1.29 is 24.9 Å². The van der Waals surface area contributed by atoms with Gasteiger partial charge in [0.05, 0.1) is 29.6 Å². The van der Waals surface area contributed by atoms with Crippen molar-refractivity contribution in [1.29, 1.82) is 0 Å². The molecule has 5 rings (SSSR count). The van der Waals surface area contributed by atoms with Gasteiger partial charge in [-0.25, -0.2) is 0 Å². The lowest BCUT2D eigenvalue weighted by molar-refractivity contribution is -0.144. The zero-order valence-electron chi connectivity index (χ0n) is 25.1. The van der Waals surface area contributed by atoms with Gasteiger partial charge in [-0.3, -0.25) is 19.4 Å². The Hall–Kier alpha value is -2.97. The fourth-order valence-corrected chi connectivity index (χ4v) is 7.58. The number of aliphatic hydroxyl groups excluding tert-OH is 2. The summed E-state index contributed by atoms with van der Waals surface area (Å²) in [6.07, 6.45) is 4.72. The molecule has 4 atom stereocenters. The van der Waals surface area contributed by atoms with Crippen LogP contribution < -0.4 is 0 Å². The van der Waals surface area contributed by atoms with E-state index in [1.54, 1.807) is 12.1 Å². The highest BCUT2D eigenvalue weighted by Crippen LogP contribution is 2.48. The van der Waals surface area contributed by atoms with Crippen molar-refractivity contribution in [2.45, 2.75) is 71.1 Å². The summed E-state index contributed by atoms with van der Waals surface area (Å²) in [5.41, 5.74) is 4.77. The number of aliphatic hydroxyl groups is 2. The molecule has 2 aromatic rings. The van der Waals surface area contributed by atoms with Crippen molar-refractivity contribution in [2.75, 3.05) is 19.7 Å². The first kappa shape index (κ1) is 31.5. The van der Waals surface area contributed by atoms with E-state index in [1.807, 2.05) is 38.1 Å². The van der Waals surface area contributed by atoms with Crippen LogP contribution >= 0.6 is 11.6 Å². The Labute approximate surface area is 259 Å². The molecule has 0 spiro atoms. The van der Waals surface area contributed by atoms with E-state index in [4.69, 9.17) is 11.6 Å². The summed E-state index contributed by atoms with van der Waals surface area (Å²) in [6.45, 7) is 6.19. The van der Waals surface area contributed by atoms with Crippen LogP contribution in [0.4, 0.5) is 0 Å². The van der Waals surface area contributed by atoms with Crippen LogP contribution in [0.1, 0.15) is 63.5 Å². The minimum Gasteiger partial charge on any atom is -0.508 e. The number of phenolic OH excluding ortho intramolecular Hbond substituents is 1. The van der Waals surface area contributed by atoms with Crippen molar-refractivity contribution >= 4 is 29.5 Å². The van der Waals surface area contributed by atoms with Crippen molar-refractivity contribution in [2.24, 2.45) is 17.8 Å². The maximum Gasteiger partial charge on any atom is 0.234 e. The largest absolute Gasteiger partial charge is 0.508 e. The van der Waals surface area contributed by atoms with Crippen LogP contribution in [0.2, 0.25) is 5.02 Å². The predicted molar refractivity (Wildman–Crippen MR) is 168 cm³/mol. The number of allylic oxidation sites excluding steroid dienone is 2. The predicted octanol–water partition coefficient (Wildman–Crippen LogP) is 5.57. The molecular weight excluding hydrogens is 564 g/mol. The second kappa shape index (κ2) is 13.8. The second-order valence-corrected chi connectivity index (χ2v) is 12.7. The highest BCUT2D eigenvalue weighted by atomic mass is 35.5. The molecule has 2 saturated heterocycles.